The maximum Gasteiger partial charge on any atom is 0.358 e. The molecular formula is C10H13NO5S2. The predicted molar refractivity (Wildman–Crippen MR) is 66.7 cm³/mol. The van der Waals surface area contributed by atoms with Gasteiger partial charge in [-0.05, 0) is 29.4 Å². The van der Waals surface area contributed by atoms with E-state index in [1.54, 1.807) is 6.92 Å². The summed E-state index contributed by atoms with van der Waals surface area (Å²) in [5.74, 6) is -2.26. The number of amides is 1. The molecule has 0 saturated carbocycles. The Bertz CT molecular complexity index is 436. The van der Waals surface area contributed by atoms with Gasteiger partial charge in [0, 0.05) is 0 Å². The van der Waals surface area contributed by atoms with Crippen molar-refractivity contribution in [1.82, 2.24) is 4.90 Å². The zero-order valence-corrected chi connectivity index (χ0v) is 11.5. The van der Waals surface area contributed by atoms with Gasteiger partial charge in [-0.15, -0.1) is 0 Å². The van der Waals surface area contributed by atoms with Gasteiger partial charge in [-0.2, -0.15) is 0 Å². The molecule has 0 aromatic heterocycles. The van der Waals surface area contributed by atoms with Gasteiger partial charge in [0.25, 0.3) is 0 Å². The third-order valence-corrected chi connectivity index (χ3v) is 5.90. The number of thioether (sulfide) groups is 1. The molecule has 1 amide bonds. The number of carbonyl (C=O) groups is 2. The first-order valence-corrected chi connectivity index (χ1v) is 7.82. The predicted octanol–water partition coefficient (Wildman–Crippen LogP) is -0.0792. The number of carboxylic acid groups (broad SMARTS) is 1. The first kappa shape index (κ1) is 13.7. The number of nitrogens with zero attached hydrogens (tertiary/aromatic N) is 1. The van der Waals surface area contributed by atoms with Crippen LogP contribution in [0.1, 0.15) is 13.3 Å². The van der Waals surface area contributed by atoms with Gasteiger partial charge in [0.1, 0.15) is 11.6 Å². The SMILES string of the molecule is CC[C@H](O)[C@@H]1C(=O)N2C(C(=O)O)=C([S+](C)[O-])S[C@H]12. The molecule has 0 aliphatic carbocycles. The van der Waals surface area contributed by atoms with Crippen LogP contribution in [0, 0.1) is 5.92 Å². The van der Waals surface area contributed by atoms with Crippen LogP contribution < -0.4 is 0 Å². The fourth-order valence-electron chi connectivity index (χ4n) is 2.12. The summed E-state index contributed by atoms with van der Waals surface area (Å²) in [6, 6.07) is 0. The van der Waals surface area contributed by atoms with Gasteiger partial charge in [0.05, 0.1) is 12.0 Å². The van der Waals surface area contributed by atoms with Gasteiger partial charge >= 0.3 is 5.97 Å². The summed E-state index contributed by atoms with van der Waals surface area (Å²) in [5.41, 5.74) is -0.199. The van der Waals surface area contributed by atoms with Gasteiger partial charge < -0.3 is 14.8 Å². The summed E-state index contributed by atoms with van der Waals surface area (Å²) in [7, 11) is 0. The van der Waals surface area contributed by atoms with Crippen LogP contribution in [-0.2, 0) is 20.8 Å². The molecule has 1 unspecified atom stereocenters. The fourth-order valence-corrected chi connectivity index (χ4v) is 4.69. The van der Waals surface area contributed by atoms with Crippen LogP contribution in [0.2, 0.25) is 0 Å². The molecule has 4 atom stereocenters. The van der Waals surface area contributed by atoms with Crippen LogP contribution in [0.5, 0.6) is 0 Å². The topological polar surface area (TPSA) is 101 Å². The summed E-state index contributed by atoms with van der Waals surface area (Å²) in [6.07, 6.45) is 1.02. The number of rotatable bonds is 4. The molecule has 0 aromatic carbocycles. The Hall–Kier alpha value is -0.700. The third-order valence-electron chi connectivity index (χ3n) is 3.04. The Morgan fingerprint density at radius 2 is 2.28 bits per heavy atom. The van der Waals surface area contributed by atoms with Crippen molar-refractivity contribution < 1.29 is 24.4 Å². The Morgan fingerprint density at radius 1 is 1.67 bits per heavy atom. The molecule has 0 spiro atoms. The summed E-state index contributed by atoms with van der Waals surface area (Å²) in [4.78, 5) is 24.2. The van der Waals surface area contributed by atoms with Crippen molar-refractivity contribution >= 4 is 34.8 Å². The average molecular weight is 291 g/mol. The van der Waals surface area contributed by atoms with Crippen LogP contribution in [0.3, 0.4) is 0 Å². The second-order valence-electron chi connectivity index (χ2n) is 4.11. The van der Waals surface area contributed by atoms with E-state index in [0.717, 1.165) is 16.7 Å². The third kappa shape index (κ3) is 1.83. The highest BCUT2D eigenvalue weighted by atomic mass is 32.3. The van der Waals surface area contributed by atoms with Gasteiger partial charge in [-0.25, -0.2) is 4.79 Å². The van der Waals surface area contributed by atoms with Crippen LogP contribution in [0.4, 0.5) is 0 Å². The zero-order valence-electron chi connectivity index (χ0n) is 9.82. The molecular weight excluding hydrogens is 278 g/mol. The molecule has 2 heterocycles. The van der Waals surface area contributed by atoms with Crippen LogP contribution in [0.15, 0.2) is 9.93 Å². The van der Waals surface area contributed by atoms with E-state index in [1.807, 2.05) is 0 Å². The number of aliphatic hydroxyl groups is 1. The number of aliphatic carboxylic acids is 1. The van der Waals surface area contributed by atoms with E-state index in [1.165, 1.54) is 6.26 Å². The number of carbonyl (C=O) groups excluding carboxylic acids is 1. The fraction of sp³-hybridized carbons (Fsp3) is 0.600. The molecule has 18 heavy (non-hydrogen) atoms. The van der Waals surface area contributed by atoms with Crippen LogP contribution >= 0.6 is 11.8 Å². The van der Waals surface area contributed by atoms with E-state index in [9.17, 15) is 19.2 Å². The number of aliphatic hydroxyl groups excluding tert-OH is 1. The van der Waals surface area contributed by atoms with Crippen LogP contribution in [0.25, 0.3) is 0 Å². The number of fused-ring (bicyclic) bond motifs is 1. The highest BCUT2D eigenvalue weighted by Crippen LogP contribution is 2.51. The number of β-lactam (4-membered cyclic amide) rings is 1. The molecule has 2 rings (SSSR count). The lowest BCUT2D eigenvalue weighted by Gasteiger charge is -2.43. The Morgan fingerprint density at radius 3 is 2.72 bits per heavy atom. The van der Waals surface area contributed by atoms with E-state index in [2.05, 4.69) is 0 Å². The minimum absolute atomic E-state index is 0.199. The molecule has 0 aromatic rings. The normalized spacial score (nSPS) is 30.0. The Labute approximate surface area is 111 Å². The first-order valence-electron chi connectivity index (χ1n) is 5.39. The molecule has 0 bridgehead atoms. The van der Waals surface area contributed by atoms with Crippen molar-refractivity contribution in [3.8, 4) is 0 Å². The summed E-state index contributed by atoms with van der Waals surface area (Å²) in [6.45, 7) is 1.75. The molecule has 1 saturated heterocycles. The maximum absolute atomic E-state index is 11.9. The summed E-state index contributed by atoms with van der Waals surface area (Å²) >= 11 is -0.348. The van der Waals surface area contributed by atoms with Crippen molar-refractivity contribution in [2.24, 2.45) is 5.92 Å². The average Bonchev–Trinajstić information content (AvgIpc) is 2.64. The first-order chi connectivity index (χ1) is 8.40. The summed E-state index contributed by atoms with van der Waals surface area (Å²) in [5, 5.41) is 18.4. The second kappa shape index (κ2) is 4.76. The molecule has 2 aliphatic heterocycles. The van der Waals surface area contributed by atoms with E-state index >= 15 is 0 Å². The standard InChI is InChI=1S/C10H13NO5S2/c1-3-4(12)5-7(13)11-6(9(14)15)10(18(2)16)17-8(5)11/h4-5,8,12H,3H2,1-2H3,(H,14,15)/t4-,5+,8+,18?/m0/s1. The quantitative estimate of drug-likeness (QED) is 0.555. The smallest absolute Gasteiger partial charge is 0.358 e. The summed E-state index contributed by atoms with van der Waals surface area (Å²) < 4.78 is 11.7. The van der Waals surface area contributed by atoms with E-state index in [-0.39, 0.29) is 9.93 Å². The minimum atomic E-state index is -1.45. The van der Waals surface area contributed by atoms with Crippen molar-refractivity contribution in [2.45, 2.75) is 24.8 Å². The maximum atomic E-state index is 11.9. The van der Waals surface area contributed by atoms with Crippen molar-refractivity contribution in [2.75, 3.05) is 6.26 Å². The molecule has 100 valence electrons. The van der Waals surface area contributed by atoms with E-state index in [4.69, 9.17) is 5.11 Å². The van der Waals surface area contributed by atoms with Crippen molar-refractivity contribution in [3.05, 3.63) is 9.93 Å². The minimum Gasteiger partial charge on any atom is -0.611 e. The Kier molecular flexibility index (Phi) is 3.63. The largest absolute Gasteiger partial charge is 0.611 e. The molecule has 1 fully saturated rings. The molecule has 2 aliphatic rings. The molecule has 2 N–H and O–H groups in total. The number of carboxylic acids is 1. The monoisotopic (exact) mass is 291 g/mol. The lowest BCUT2D eigenvalue weighted by atomic mass is 9.90. The van der Waals surface area contributed by atoms with Crippen molar-refractivity contribution in [1.29, 1.82) is 0 Å². The highest BCUT2D eigenvalue weighted by molar-refractivity contribution is 8.19. The molecule has 0 radical (unpaired) electrons. The van der Waals surface area contributed by atoms with Gasteiger partial charge in [0.2, 0.25) is 10.1 Å². The number of hydrogen-bond acceptors (Lipinski definition) is 5. The van der Waals surface area contributed by atoms with E-state index < -0.39 is 40.4 Å². The highest BCUT2D eigenvalue weighted by Gasteiger charge is 2.60. The number of hydrogen-bond donors (Lipinski definition) is 2. The Balaban J connectivity index is 2.29. The van der Waals surface area contributed by atoms with Gasteiger partial charge in [-0.3, -0.25) is 9.69 Å². The van der Waals surface area contributed by atoms with Crippen molar-refractivity contribution in [3.63, 3.8) is 0 Å². The zero-order chi connectivity index (χ0) is 13.6. The molecule has 8 heteroatoms. The molecule has 6 nitrogen and oxygen atoms in total. The lowest BCUT2D eigenvalue weighted by Crippen LogP contribution is -2.61. The second-order valence-corrected chi connectivity index (χ2v) is 6.82. The van der Waals surface area contributed by atoms with E-state index in [0.29, 0.717) is 6.42 Å². The van der Waals surface area contributed by atoms with Gasteiger partial charge in [-0.1, -0.05) is 6.92 Å². The van der Waals surface area contributed by atoms with Crippen LogP contribution in [-0.4, -0.2) is 49.3 Å². The lowest BCUT2D eigenvalue weighted by molar-refractivity contribution is -0.157. The van der Waals surface area contributed by atoms with Gasteiger partial charge in [0.15, 0.2) is 5.70 Å².